The molecule has 0 saturated carbocycles. The van der Waals surface area contributed by atoms with Crippen molar-refractivity contribution in [1.82, 2.24) is 10.3 Å². The number of hydrogen-bond donors (Lipinski definition) is 1. The van der Waals surface area contributed by atoms with E-state index < -0.39 is 0 Å². The summed E-state index contributed by atoms with van der Waals surface area (Å²) < 4.78 is 0. The lowest BCUT2D eigenvalue weighted by atomic mass is 9.96. The molecule has 2 unspecified atom stereocenters. The molecule has 114 valence electrons. The van der Waals surface area contributed by atoms with Gasteiger partial charge in [0.05, 0.1) is 11.9 Å². The number of piperidine rings is 1. The Morgan fingerprint density at radius 3 is 2.73 bits per heavy atom. The van der Waals surface area contributed by atoms with Crippen molar-refractivity contribution in [3.63, 3.8) is 0 Å². The summed E-state index contributed by atoms with van der Waals surface area (Å²) in [4.78, 5) is 7.03. The number of hydrogen-bond acceptors (Lipinski definition) is 3. The number of nitrogens with zero attached hydrogens (tertiary/aromatic N) is 2. The molecule has 2 saturated heterocycles. The van der Waals surface area contributed by atoms with Crippen LogP contribution in [0.15, 0.2) is 36.7 Å². The lowest BCUT2D eigenvalue weighted by Gasteiger charge is -2.33. The first kappa shape index (κ1) is 13.8. The lowest BCUT2D eigenvalue weighted by molar-refractivity contribution is 0.474. The summed E-state index contributed by atoms with van der Waals surface area (Å²) in [7, 11) is 0. The fourth-order valence-electron chi connectivity index (χ4n) is 4.05. The molecule has 0 spiro atoms. The molecule has 2 atom stereocenters. The van der Waals surface area contributed by atoms with Crippen LogP contribution in [0.5, 0.6) is 0 Å². The van der Waals surface area contributed by atoms with Crippen LogP contribution in [0.4, 0.5) is 5.69 Å². The summed E-state index contributed by atoms with van der Waals surface area (Å²) >= 11 is 0. The second-order valence-corrected chi connectivity index (χ2v) is 6.81. The Labute approximate surface area is 132 Å². The van der Waals surface area contributed by atoms with Gasteiger partial charge in [-0.1, -0.05) is 18.2 Å². The minimum absolute atomic E-state index is 0.655. The number of aryl methyl sites for hydroxylation is 2. The van der Waals surface area contributed by atoms with Gasteiger partial charge >= 0.3 is 0 Å². The van der Waals surface area contributed by atoms with Gasteiger partial charge in [0.2, 0.25) is 0 Å². The summed E-state index contributed by atoms with van der Waals surface area (Å²) in [5, 5.41) is 3.62. The standard InChI is InChI=1S/C19H23N3/c1-13-4-3-5-14(2)19(13)16-7-18(10-20-9-16)22-11-15-6-17(12-22)21-8-15/h3-5,7,9-10,15,17,21H,6,8,11-12H2,1-2H3. The Hall–Kier alpha value is -1.87. The Balaban J connectivity index is 1.69. The fourth-order valence-corrected chi connectivity index (χ4v) is 4.05. The Bertz CT molecular complexity index is 663. The van der Waals surface area contributed by atoms with Crippen LogP contribution in [-0.2, 0) is 0 Å². The van der Waals surface area contributed by atoms with E-state index in [-0.39, 0.29) is 0 Å². The van der Waals surface area contributed by atoms with Gasteiger partial charge in [-0.05, 0) is 48.9 Å². The first-order chi connectivity index (χ1) is 10.7. The molecule has 2 bridgehead atoms. The number of nitrogens with one attached hydrogen (secondary N) is 1. The van der Waals surface area contributed by atoms with Crippen LogP contribution >= 0.6 is 0 Å². The predicted octanol–water partition coefficient (Wildman–Crippen LogP) is 3.16. The molecular formula is C19H23N3. The number of aromatic nitrogens is 1. The summed E-state index contributed by atoms with van der Waals surface area (Å²) in [5.74, 6) is 0.794. The largest absolute Gasteiger partial charge is 0.368 e. The zero-order valence-electron chi connectivity index (χ0n) is 13.3. The molecular weight excluding hydrogens is 270 g/mol. The number of fused-ring (bicyclic) bond motifs is 2. The van der Waals surface area contributed by atoms with Crippen molar-refractivity contribution in [3.05, 3.63) is 47.8 Å². The highest BCUT2D eigenvalue weighted by molar-refractivity contribution is 5.73. The van der Waals surface area contributed by atoms with Gasteiger partial charge in [-0.15, -0.1) is 0 Å². The highest BCUT2D eigenvalue weighted by Crippen LogP contribution is 2.31. The minimum atomic E-state index is 0.655. The summed E-state index contributed by atoms with van der Waals surface area (Å²) in [6.07, 6.45) is 5.35. The normalized spacial score (nSPS) is 23.8. The van der Waals surface area contributed by atoms with Crippen LogP contribution in [0.1, 0.15) is 17.5 Å². The number of anilines is 1. The summed E-state index contributed by atoms with van der Waals surface area (Å²) in [5.41, 5.74) is 6.46. The van der Waals surface area contributed by atoms with Gasteiger partial charge < -0.3 is 10.2 Å². The van der Waals surface area contributed by atoms with Crippen molar-refractivity contribution in [2.45, 2.75) is 26.3 Å². The Kier molecular flexibility index (Phi) is 3.38. The first-order valence-corrected chi connectivity index (χ1v) is 8.20. The van der Waals surface area contributed by atoms with Crippen LogP contribution in [0.3, 0.4) is 0 Å². The Morgan fingerprint density at radius 1 is 1.14 bits per heavy atom. The average molecular weight is 293 g/mol. The third-order valence-corrected chi connectivity index (χ3v) is 5.09. The molecule has 1 N–H and O–H groups in total. The molecule has 0 amide bonds. The molecule has 4 rings (SSSR count). The van der Waals surface area contributed by atoms with Gasteiger partial charge in [0.25, 0.3) is 0 Å². The fraction of sp³-hybridized carbons (Fsp3) is 0.421. The van der Waals surface area contributed by atoms with E-state index in [4.69, 9.17) is 0 Å². The SMILES string of the molecule is Cc1cccc(C)c1-c1cncc(N2CC3CNC(C3)C2)c1. The van der Waals surface area contributed by atoms with E-state index in [2.05, 4.69) is 53.3 Å². The van der Waals surface area contributed by atoms with Crippen molar-refractivity contribution in [2.24, 2.45) is 5.92 Å². The number of rotatable bonds is 2. The van der Waals surface area contributed by atoms with Crippen molar-refractivity contribution in [2.75, 3.05) is 24.5 Å². The van der Waals surface area contributed by atoms with E-state index >= 15 is 0 Å². The van der Waals surface area contributed by atoms with Gasteiger partial charge in [-0.3, -0.25) is 4.98 Å². The zero-order valence-corrected chi connectivity index (χ0v) is 13.3. The first-order valence-electron chi connectivity index (χ1n) is 8.20. The molecule has 1 aromatic heterocycles. The number of benzene rings is 1. The molecule has 3 heteroatoms. The maximum absolute atomic E-state index is 4.53. The van der Waals surface area contributed by atoms with E-state index in [0.29, 0.717) is 6.04 Å². The molecule has 2 fully saturated rings. The van der Waals surface area contributed by atoms with E-state index in [1.165, 1.54) is 40.9 Å². The van der Waals surface area contributed by atoms with E-state index in [0.717, 1.165) is 19.0 Å². The van der Waals surface area contributed by atoms with E-state index in [1.54, 1.807) is 0 Å². The molecule has 2 aromatic rings. The molecule has 2 aliphatic heterocycles. The van der Waals surface area contributed by atoms with Crippen molar-refractivity contribution < 1.29 is 0 Å². The maximum atomic E-state index is 4.53. The van der Waals surface area contributed by atoms with Gasteiger partial charge in [0.1, 0.15) is 0 Å². The second kappa shape index (κ2) is 5.40. The van der Waals surface area contributed by atoms with Crippen LogP contribution in [0.2, 0.25) is 0 Å². The smallest absolute Gasteiger partial charge is 0.0559 e. The highest BCUT2D eigenvalue weighted by Gasteiger charge is 2.32. The zero-order chi connectivity index (χ0) is 15.1. The predicted molar refractivity (Wildman–Crippen MR) is 91.3 cm³/mol. The van der Waals surface area contributed by atoms with Gasteiger partial charge in [-0.2, -0.15) is 0 Å². The Morgan fingerprint density at radius 2 is 1.95 bits per heavy atom. The quantitative estimate of drug-likeness (QED) is 0.922. The third kappa shape index (κ3) is 2.40. The lowest BCUT2D eigenvalue weighted by Crippen LogP contribution is -2.41. The van der Waals surface area contributed by atoms with Crippen molar-refractivity contribution >= 4 is 5.69 Å². The van der Waals surface area contributed by atoms with Crippen LogP contribution in [-0.4, -0.2) is 30.7 Å². The molecule has 0 radical (unpaired) electrons. The molecule has 2 aliphatic rings. The maximum Gasteiger partial charge on any atom is 0.0559 e. The van der Waals surface area contributed by atoms with E-state index in [9.17, 15) is 0 Å². The van der Waals surface area contributed by atoms with Gasteiger partial charge in [-0.25, -0.2) is 0 Å². The second-order valence-electron chi connectivity index (χ2n) is 6.81. The van der Waals surface area contributed by atoms with Gasteiger partial charge in [0, 0.05) is 37.4 Å². The number of pyridine rings is 1. The molecule has 0 aliphatic carbocycles. The van der Waals surface area contributed by atoms with Gasteiger partial charge in [0.15, 0.2) is 0 Å². The molecule has 3 nitrogen and oxygen atoms in total. The van der Waals surface area contributed by atoms with Crippen molar-refractivity contribution in [1.29, 1.82) is 0 Å². The minimum Gasteiger partial charge on any atom is -0.368 e. The van der Waals surface area contributed by atoms with E-state index in [1.807, 2.05) is 12.4 Å². The molecule has 3 heterocycles. The monoisotopic (exact) mass is 293 g/mol. The van der Waals surface area contributed by atoms with Crippen molar-refractivity contribution in [3.8, 4) is 11.1 Å². The van der Waals surface area contributed by atoms with Crippen LogP contribution in [0, 0.1) is 19.8 Å². The molecule has 1 aromatic carbocycles. The molecule has 22 heavy (non-hydrogen) atoms. The van der Waals surface area contributed by atoms with Crippen LogP contribution in [0.25, 0.3) is 11.1 Å². The summed E-state index contributed by atoms with van der Waals surface area (Å²) in [6, 6.07) is 9.45. The van der Waals surface area contributed by atoms with Crippen LogP contribution < -0.4 is 10.2 Å². The highest BCUT2D eigenvalue weighted by atomic mass is 15.2. The third-order valence-electron chi connectivity index (χ3n) is 5.09. The summed E-state index contributed by atoms with van der Waals surface area (Å²) in [6.45, 7) is 7.79. The average Bonchev–Trinajstić information content (AvgIpc) is 2.86. The topological polar surface area (TPSA) is 28.2 Å².